The van der Waals surface area contributed by atoms with E-state index in [9.17, 15) is 0 Å². The van der Waals surface area contributed by atoms with Crippen molar-refractivity contribution in [2.24, 2.45) is 0 Å². The van der Waals surface area contributed by atoms with Crippen molar-refractivity contribution in [3.63, 3.8) is 0 Å². The Morgan fingerprint density at radius 2 is 1.96 bits per heavy atom. The molecule has 1 saturated heterocycles. The molecule has 0 spiro atoms. The van der Waals surface area contributed by atoms with E-state index in [2.05, 4.69) is 41.1 Å². The number of rotatable bonds is 9. The Hall–Kier alpha value is -2.27. The third-order valence-electron chi connectivity index (χ3n) is 3.58. The van der Waals surface area contributed by atoms with Crippen molar-refractivity contribution in [1.29, 1.82) is 5.41 Å². The summed E-state index contributed by atoms with van der Waals surface area (Å²) in [6.45, 7) is 8.71. The molecule has 1 aliphatic heterocycles. The molecule has 5 nitrogen and oxygen atoms in total. The van der Waals surface area contributed by atoms with Crippen LogP contribution >= 0.6 is 0 Å². The van der Waals surface area contributed by atoms with Gasteiger partial charge < -0.3 is 20.5 Å². The Labute approximate surface area is 138 Å². The molecule has 0 saturated carbocycles. The molecule has 1 heterocycles. The van der Waals surface area contributed by atoms with E-state index < -0.39 is 0 Å². The van der Waals surface area contributed by atoms with Gasteiger partial charge in [0.2, 0.25) is 0 Å². The first-order valence-electron chi connectivity index (χ1n) is 8.02. The predicted octanol–water partition coefficient (Wildman–Crippen LogP) is 3.76. The molecule has 1 aromatic carbocycles. The molecule has 0 atom stereocenters. The molecule has 0 aliphatic carbocycles. The number of allylic oxidation sites excluding steroid dienone is 1. The zero-order valence-corrected chi connectivity index (χ0v) is 13.7. The van der Waals surface area contributed by atoms with Crippen molar-refractivity contribution in [3.8, 4) is 0 Å². The van der Waals surface area contributed by atoms with Crippen LogP contribution in [0, 0.1) is 5.41 Å². The largest absolute Gasteiger partial charge is 0.379 e. The van der Waals surface area contributed by atoms with Crippen LogP contribution in [0.3, 0.4) is 0 Å². The van der Waals surface area contributed by atoms with Gasteiger partial charge in [0.25, 0.3) is 0 Å². The van der Waals surface area contributed by atoms with Gasteiger partial charge in [0.05, 0.1) is 18.9 Å². The average molecular weight is 315 g/mol. The Bertz CT molecular complexity index is 546. The molecule has 1 aliphatic rings. The lowest BCUT2D eigenvalue weighted by atomic mass is 10.2. The van der Waals surface area contributed by atoms with E-state index in [4.69, 9.17) is 15.2 Å². The number of benzene rings is 1. The van der Waals surface area contributed by atoms with Gasteiger partial charge in [-0.05, 0) is 56.2 Å². The summed E-state index contributed by atoms with van der Waals surface area (Å²) in [6.07, 6.45) is 5.83. The maximum atomic E-state index is 7.89. The van der Waals surface area contributed by atoms with Crippen LogP contribution in [-0.4, -0.2) is 32.0 Å². The molecule has 1 fully saturated rings. The van der Waals surface area contributed by atoms with E-state index in [1.165, 1.54) is 18.5 Å². The second-order valence-corrected chi connectivity index (χ2v) is 5.41. The molecule has 0 aromatic heterocycles. The molecule has 0 radical (unpaired) electrons. The highest BCUT2D eigenvalue weighted by Crippen LogP contribution is 2.21. The second-order valence-electron chi connectivity index (χ2n) is 5.41. The Kier molecular flexibility index (Phi) is 6.69. The van der Waals surface area contributed by atoms with Crippen LogP contribution in [-0.2, 0) is 9.78 Å². The molecule has 2 rings (SSSR count). The van der Waals surface area contributed by atoms with Crippen LogP contribution in [0.5, 0.6) is 0 Å². The summed E-state index contributed by atoms with van der Waals surface area (Å²) >= 11 is 0. The van der Waals surface area contributed by atoms with Crippen molar-refractivity contribution < 1.29 is 9.78 Å². The monoisotopic (exact) mass is 315 g/mol. The van der Waals surface area contributed by atoms with Crippen LogP contribution in [0.4, 0.5) is 11.4 Å². The molecule has 2 N–H and O–H groups in total. The summed E-state index contributed by atoms with van der Waals surface area (Å²) in [5, 5.41) is 11.1. The maximum Gasteiger partial charge on any atom is 0.158 e. The fraction of sp³-hybridized carbons (Fsp3) is 0.389. The minimum absolute atomic E-state index is 0.381. The van der Waals surface area contributed by atoms with Crippen molar-refractivity contribution >= 4 is 17.1 Å². The van der Waals surface area contributed by atoms with E-state index in [-0.39, 0.29) is 0 Å². The number of hydrogen-bond acceptors (Lipinski definition) is 5. The first-order valence-corrected chi connectivity index (χ1v) is 8.02. The normalized spacial score (nSPS) is 14.2. The third kappa shape index (κ3) is 5.79. The highest BCUT2D eigenvalue weighted by molar-refractivity contribution is 5.95. The van der Waals surface area contributed by atoms with Crippen molar-refractivity contribution in [2.75, 3.05) is 36.5 Å². The third-order valence-corrected chi connectivity index (χ3v) is 3.58. The summed E-state index contributed by atoms with van der Waals surface area (Å²) in [6, 6.07) is 8.37. The van der Waals surface area contributed by atoms with Gasteiger partial charge >= 0.3 is 0 Å². The van der Waals surface area contributed by atoms with Crippen LogP contribution in [0.25, 0.3) is 0 Å². The van der Waals surface area contributed by atoms with Crippen LogP contribution in [0.1, 0.15) is 19.8 Å². The van der Waals surface area contributed by atoms with Gasteiger partial charge in [0.1, 0.15) is 0 Å². The van der Waals surface area contributed by atoms with Gasteiger partial charge in [-0.3, -0.25) is 0 Å². The maximum absolute atomic E-state index is 7.89. The topological polar surface area (TPSA) is 57.6 Å². The Morgan fingerprint density at radius 1 is 1.26 bits per heavy atom. The van der Waals surface area contributed by atoms with Gasteiger partial charge in [0.15, 0.2) is 5.76 Å². The molecule has 5 heteroatoms. The van der Waals surface area contributed by atoms with Gasteiger partial charge in [-0.2, -0.15) is 4.89 Å². The lowest BCUT2D eigenvalue weighted by Crippen LogP contribution is -2.17. The molecule has 23 heavy (non-hydrogen) atoms. The Balaban J connectivity index is 1.75. The van der Waals surface area contributed by atoms with Crippen molar-refractivity contribution in [3.05, 3.63) is 48.8 Å². The number of anilines is 2. The molecule has 0 bridgehead atoms. The summed E-state index contributed by atoms with van der Waals surface area (Å²) in [4.78, 5) is 12.0. The highest BCUT2D eigenvalue weighted by Gasteiger charge is 2.11. The number of nitrogens with one attached hydrogen (secondary N) is 2. The fourth-order valence-corrected chi connectivity index (χ4v) is 2.38. The van der Waals surface area contributed by atoms with Crippen molar-refractivity contribution in [1.82, 2.24) is 0 Å². The number of nitrogens with zero attached hydrogens (tertiary/aromatic N) is 1. The van der Waals surface area contributed by atoms with E-state index >= 15 is 0 Å². The van der Waals surface area contributed by atoms with E-state index in [1.807, 2.05) is 6.92 Å². The molecular weight excluding hydrogens is 290 g/mol. The van der Waals surface area contributed by atoms with Crippen LogP contribution in [0.2, 0.25) is 0 Å². The Morgan fingerprint density at radius 3 is 2.61 bits per heavy atom. The SMILES string of the molecule is C=C(/C=C\C(=N)CNc1ccc(N2CCCC2)cc1)OOCC. The minimum Gasteiger partial charge on any atom is -0.379 e. The smallest absolute Gasteiger partial charge is 0.158 e. The van der Waals surface area contributed by atoms with Gasteiger partial charge in [-0.1, -0.05) is 6.58 Å². The van der Waals surface area contributed by atoms with Crippen LogP contribution in [0.15, 0.2) is 48.8 Å². The molecule has 1 aromatic rings. The molecular formula is C18H25N3O2. The average Bonchev–Trinajstić information content (AvgIpc) is 3.11. The van der Waals surface area contributed by atoms with E-state index in [0.717, 1.165) is 18.8 Å². The molecule has 124 valence electrons. The van der Waals surface area contributed by atoms with Gasteiger partial charge in [-0.25, -0.2) is 0 Å². The van der Waals surface area contributed by atoms with Gasteiger partial charge in [0, 0.05) is 24.5 Å². The molecule has 0 unspecified atom stereocenters. The minimum atomic E-state index is 0.381. The van der Waals surface area contributed by atoms with E-state index in [1.54, 1.807) is 12.2 Å². The first kappa shape index (κ1) is 17.1. The summed E-state index contributed by atoms with van der Waals surface area (Å²) < 4.78 is 0. The summed E-state index contributed by atoms with van der Waals surface area (Å²) in [7, 11) is 0. The van der Waals surface area contributed by atoms with Crippen LogP contribution < -0.4 is 10.2 Å². The zero-order valence-electron chi connectivity index (χ0n) is 13.7. The summed E-state index contributed by atoms with van der Waals surface area (Å²) in [5.74, 6) is 0.381. The predicted molar refractivity (Wildman–Crippen MR) is 95.1 cm³/mol. The zero-order chi connectivity index (χ0) is 16.5. The highest BCUT2D eigenvalue weighted by atomic mass is 17.2. The molecule has 0 amide bonds. The fourth-order valence-electron chi connectivity index (χ4n) is 2.38. The summed E-state index contributed by atoms with van der Waals surface area (Å²) in [5.41, 5.74) is 2.72. The lowest BCUT2D eigenvalue weighted by Gasteiger charge is -2.17. The first-order chi connectivity index (χ1) is 11.2. The second kappa shape index (κ2) is 9.00. The van der Waals surface area contributed by atoms with E-state index in [0.29, 0.717) is 24.6 Å². The van der Waals surface area contributed by atoms with Crippen molar-refractivity contribution in [2.45, 2.75) is 19.8 Å². The number of hydrogen-bond donors (Lipinski definition) is 2. The standard InChI is InChI=1S/C18H25N3O2/c1-3-22-23-15(2)6-7-16(19)14-20-17-8-10-18(11-9-17)21-12-4-5-13-21/h6-11,19-20H,2-5,12-14H2,1H3/b7-6-,19-16?. The lowest BCUT2D eigenvalue weighted by molar-refractivity contribution is -0.253. The quantitative estimate of drug-likeness (QED) is 0.239. The van der Waals surface area contributed by atoms with Gasteiger partial charge in [-0.15, -0.1) is 0 Å².